The van der Waals surface area contributed by atoms with Crippen LogP contribution < -0.4 is 9.47 Å². The van der Waals surface area contributed by atoms with Crippen LogP contribution in [0, 0.1) is 6.92 Å². The zero-order chi connectivity index (χ0) is 22.2. The first kappa shape index (κ1) is 22.5. The predicted octanol–water partition coefficient (Wildman–Crippen LogP) is 3.00. The summed E-state index contributed by atoms with van der Waals surface area (Å²) in [4.78, 5) is 28.7. The highest BCUT2D eigenvalue weighted by Gasteiger charge is 2.27. The van der Waals surface area contributed by atoms with E-state index in [4.69, 9.17) is 9.47 Å². The average molecular weight is 427 g/mol. The third-order valence-electron chi connectivity index (χ3n) is 5.33. The minimum atomic E-state index is -0.634. The summed E-state index contributed by atoms with van der Waals surface area (Å²) in [6.07, 6.45) is 0.453. The van der Waals surface area contributed by atoms with Crippen LogP contribution in [-0.2, 0) is 9.59 Å². The molecule has 1 unspecified atom stereocenters. The van der Waals surface area contributed by atoms with Crippen molar-refractivity contribution in [2.24, 2.45) is 0 Å². The molecule has 1 N–H and O–H groups in total. The molecule has 1 heterocycles. The lowest BCUT2D eigenvalue weighted by atomic mass is 10.2. The van der Waals surface area contributed by atoms with Crippen LogP contribution in [0.2, 0.25) is 0 Å². The molecule has 7 nitrogen and oxygen atoms in total. The Labute approximate surface area is 183 Å². The highest BCUT2D eigenvalue weighted by molar-refractivity contribution is 5.81. The maximum absolute atomic E-state index is 12.7. The Morgan fingerprint density at radius 2 is 1.65 bits per heavy atom. The predicted molar refractivity (Wildman–Crippen MR) is 117 cm³/mol. The normalized spacial score (nSPS) is 14.8. The van der Waals surface area contributed by atoms with E-state index in [0.29, 0.717) is 51.4 Å². The summed E-state index contributed by atoms with van der Waals surface area (Å²) >= 11 is 0. The molecule has 31 heavy (non-hydrogen) atoms. The number of ether oxygens (including phenoxy) is 2. The fourth-order valence-electron chi connectivity index (χ4n) is 3.49. The van der Waals surface area contributed by atoms with Gasteiger partial charge in [0, 0.05) is 32.6 Å². The van der Waals surface area contributed by atoms with E-state index in [1.807, 2.05) is 36.1 Å². The largest absolute Gasteiger partial charge is 0.508 e. The van der Waals surface area contributed by atoms with Crippen molar-refractivity contribution in [2.75, 3.05) is 32.8 Å². The maximum Gasteiger partial charge on any atom is 0.263 e. The van der Waals surface area contributed by atoms with Gasteiger partial charge in [-0.05, 0) is 56.2 Å². The standard InChI is InChI=1S/C24H30N2O5/c1-18-6-3-4-7-22(18)30-17-5-8-23(28)25-13-15-26(16-14-25)24(29)19(2)31-21-11-9-20(27)10-12-21/h3-4,6-7,9-12,19,27H,5,8,13-17H2,1-2H3. The SMILES string of the molecule is Cc1ccccc1OCCCC(=O)N1CCN(C(=O)C(C)Oc2ccc(O)cc2)CC1. The molecular formula is C24H30N2O5. The minimum Gasteiger partial charge on any atom is -0.508 e. The summed E-state index contributed by atoms with van der Waals surface area (Å²) in [5.41, 5.74) is 1.08. The number of carbonyl (C=O) groups is 2. The zero-order valence-electron chi connectivity index (χ0n) is 18.1. The first-order valence-corrected chi connectivity index (χ1v) is 10.6. The molecule has 2 amide bonds. The first-order valence-electron chi connectivity index (χ1n) is 10.6. The summed E-state index contributed by atoms with van der Waals surface area (Å²) in [6.45, 7) is 6.24. The maximum atomic E-state index is 12.7. The van der Waals surface area contributed by atoms with E-state index in [2.05, 4.69) is 0 Å². The van der Waals surface area contributed by atoms with Gasteiger partial charge in [-0.25, -0.2) is 0 Å². The van der Waals surface area contributed by atoms with Crippen LogP contribution in [0.3, 0.4) is 0 Å². The van der Waals surface area contributed by atoms with Gasteiger partial charge in [0.2, 0.25) is 5.91 Å². The Morgan fingerprint density at radius 3 is 2.32 bits per heavy atom. The number of hydrogen-bond donors (Lipinski definition) is 1. The number of phenols is 1. The van der Waals surface area contributed by atoms with Gasteiger partial charge < -0.3 is 24.4 Å². The Bertz CT molecular complexity index is 876. The van der Waals surface area contributed by atoms with Gasteiger partial charge in [0.1, 0.15) is 17.2 Å². The quantitative estimate of drug-likeness (QED) is 0.657. The molecule has 0 radical (unpaired) electrons. The number of amides is 2. The number of rotatable bonds is 8. The molecule has 0 spiro atoms. The van der Waals surface area contributed by atoms with Crippen molar-refractivity contribution >= 4 is 11.8 Å². The Kier molecular flexibility index (Phi) is 7.76. The fourth-order valence-corrected chi connectivity index (χ4v) is 3.49. The second-order valence-electron chi connectivity index (χ2n) is 7.68. The third kappa shape index (κ3) is 6.38. The van der Waals surface area contributed by atoms with Crippen LogP contribution in [-0.4, -0.2) is 65.6 Å². The van der Waals surface area contributed by atoms with Crippen molar-refractivity contribution in [3.05, 3.63) is 54.1 Å². The number of benzene rings is 2. The molecule has 0 saturated carbocycles. The smallest absolute Gasteiger partial charge is 0.263 e. The summed E-state index contributed by atoms with van der Waals surface area (Å²) < 4.78 is 11.4. The van der Waals surface area contributed by atoms with E-state index >= 15 is 0 Å². The molecule has 2 aromatic carbocycles. The van der Waals surface area contributed by atoms with E-state index in [-0.39, 0.29) is 17.6 Å². The van der Waals surface area contributed by atoms with Crippen LogP contribution in [0.1, 0.15) is 25.3 Å². The van der Waals surface area contributed by atoms with Gasteiger partial charge >= 0.3 is 0 Å². The molecule has 1 aliphatic rings. The molecule has 166 valence electrons. The molecule has 1 atom stereocenters. The topological polar surface area (TPSA) is 79.3 Å². The summed E-state index contributed by atoms with van der Waals surface area (Å²) in [7, 11) is 0. The van der Waals surface area contributed by atoms with E-state index < -0.39 is 6.10 Å². The van der Waals surface area contributed by atoms with Gasteiger partial charge in [0.05, 0.1) is 6.61 Å². The molecule has 0 aliphatic carbocycles. The monoisotopic (exact) mass is 426 g/mol. The molecule has 3 rings (SSSR count). The van der Waals surface area contributed by atoms with Crippen LogP contribution >= 0.6 is 0 Å². The molecule has 0 aromatic heterocycles. The van der Waals surface area contributed by atoms with E-state index in [1.165, 1.54) is 12.1 Å². The van der Waals surface area contributed by atoms with Gasteiger partial charge in [0.25, 0.3) is 5.91 Å². The van der Waals surface area contributed by atoms with Crippen molar-refractivity contribution in [3.63, 3.8) is 0 Å². The lowest BCUT2D eigenvalue weighted by Gasteiger charge is -2.36. The Balaban J connectivity index is 1.37. The van der Waals surface area contributed by atoms with Gasteiger partial charge in [-0.3, -0.25) is 9.59 Å². The average Bonchev–Trinajstić information content (AvgIpc) is 2.78. The number of piperazine rings is 1. The highest BCUT2D eigenvalue weighted by Crippen LogP contribution is 2.19. The van der Waals surface area contributed by atoms with Crippen molar-refractivity contribution in [1.29, 1.82) is 0 Å². The van der Waals surface area contributed by atoms with Gasteiger partial charge in [-0.1, -0.05) is 18.2 Å². The Hall–Kier alpha value is -3.22. The van der Waals surface area contributed by atoms with Crippen molar-refractivity contribution in [1.82, 2.24) is 9.80 Å². The van der Waals surface area contributed by atoms with Crippen molar-refractivity contribution in [3.8, 4) is 17.2 Å². The summed E-state index contributed by atoms with van der Waals surface area (Å²) in [6, 6.07) is 14.1. The number of para-hydroxylation sites is 1. The second kappa shape index (κ2) is 10.7. The first-order chi connectivity index (χ1) is 14.9. The van der Waals surface area contributed by atoms with Gasteiger partial charge in [-0.2, -0.15) is 0 Å². The lowest BCUT2D eigenvalue weighted by molar-refractivity contribution is -0.143. The van der Waals surface area contributed by atoms with Gasteiger partial charge in [-0.15, -0.1) is 0 Å². The number of aromatic hydroxyl groups is 1. The number of nitrogens with zero attached hydrogens (tertiary/aromatic N) is 2. The van der Waals surface area contributed by atoms with E-state index in [1.54, 1.807) is 24.0 Å². The number of aryl methyl sites for hydroxylation is 1. The van der Waals surface area contributed by atoms with E-state index in [0.717, 1.165) is 11.3 Å². The number of phenolic OH excluding ortho intramolecular Hbond substituents is 1. The van der Waals surface area contributed by atoms with E-state index in [9.17, 15) is 14.7 Å². The zero-order valence-corrected chi connectivity index (χ0v) is 18.1. The minimum absolute atomic E-state index is 0.0916. The highest BCUT2D eigenvalue weighted by atomic mass is 16.5. The summed E-state index contributed by atoms with van der Waals surface area (Å²) in [5, 5.41) is 9.33. The summed E-state index contributed by atoms with van der Waals surface area (Å²) in [5.74, 6) is 1.51. The molecule has 1 saturated heterocycles. The Morgan fingerprint density at radius 1 is 1.00 bits per heavy atom. The molecule has 2 aromatic rings. The second-order valence-corrected chi connectivity index (χ2v) is 7.68. The molecule has 1 fully saturated rings. The molecule has 7 heteroatoms. The van der Waals surface area contributed by atoms with Crippen LogP contribution in [0.5, 0.6) is 17.2 Å². The van der Waals surface area contributed by atoms with Crippen LogP contribution in [0.25, 0.3) is 0 Å². The molecule has 0 bridgehead atoms. The number of hydrogen-bond acceptors (Lipinski definition) is 5. The van der Waals surface area contributed by atoms with Crippen LogP contribution in [0.4, 0.5) is 0 Å². The van der Waals surface area contributed by atoms with Crippen molar-refractivity contribution in [2.45, 2.75) is 32.8 Å². The lowest BCUT2D eigenvalue weighted by Crippen LogP contribution is -2.53. The third-order valence-corrected chi connectivity index (χ3v) is 5.33. The molecular weight excluding hydrogens is 396 g/mol. The van der Waals surface area contributed by atoms with Crippen molar-refractivity contribution < 1.29 is 24.2 Å². The van der Waals surface area contributed by atoms with Gasteiger partial charge in [0.15, 0.2) is 6.10 Å². The number of carbonyl (C=O) groups excluding carboxylic acids is 2. The fraction of sp³-hybridized carbons (Fsp3) is 0.417. The van der Waals surface area contributed by atoms with Crippen LogP contribution in [0.15, 0.2) is 48.5 Å². The molecule has 1 aliphatic heterocycles.